The Bertz CT molecular complexity index is 472. The van der Waals surface area contributed by atoms with E-state index in [2.05, 4.69) is 23.5 Å². The minimum absolute atomic E-state index is 0.254. The van der Waals surface area contributed by atoms with Gasteiger partial charge in [-0.2, -0.15) is 0 Å². The van der Waals surface area contributed by atoms with Gasteiger partial charge in [-0.25, -0.2) is 0 Å². The van der Waals surface area contributed by atoms with Gasteiger partial charge in [-0.1, -0.05) is 12.1 Å². The Morgan fingerprint density at radius 2 is 1.84 bits per heavy atom. The van der Waals surface area contributed by atoms with Crippen molar-refractivity contribution in [2.45, 2.75) is 51.0 Å². The summed E-state index contributed by atoms with van der Waals surface area (Å²) >= 11 is 0. The first-order chi connectivity index (χ1) is 9.28. The highest BCUT2D eigenvalue weighted by Gasteiger charge is 2.26. The van der Waals surface area contributed by atoms with Crippen LogP contribution in [0.3, 0.4) is 0 Å². The van der Waals surface area contributed by atoms with Crippen molar-refractivity contribution in [3.63, 3.8) is 0 Å². The molecule has 0 radical (unpaired) electrons. The van der Waals surface area contributed by atoms with E-state index in [4.69, 9.17) is 0 Å². The molecule has 3 rings (SSSR count). The Labute approximate surface area is 115 Å². The van der Waals surface area contributed by atoms with Crippen LogP contribution < -0.4 is 5.32 Å². The Morgan fingerprint density at radius 1 is 1.11 bits per heavy atom. The molecule has 1 aromatic rings. The fraction of sp³-hybridized carbons (Fsp3) is 0.588. The predicted molar refractivity (Wildman–Crippen MR) is 77.6 cm³/mol. The van der Waals surface area contributed by atoms with Gasteiger partial charge in [-0.3, -0.25) is 4.79 Å². The molecule has 0 bridgehead atoms. The Balaban J connectivity index is 1.70. The van der Waals surface area contributed by atoms with Crippen molar-refractivity contribution in [1.29, 1.82) is 0 Å². The van der Waals surface area contributed by atoms with Crippen molar-refractivity contribution in [3.8, 4) is 0 Å². The predicted octanol–water partition coefficient (Wildman–Crippen LogP) is 3.14. The summed E-state index contributed by atoms with van der Waals surface area (Å²) in [5, 5.41) is 3.33. The standard InChI is InChI=1S/C17H23NO/c1-18-16-9-7-13(8-10-16)17(19)15-6-5-12-3-2-4-14(12)11-15/h5-6,11,13,16,18H,2-4,7-10H2,1H3. The number of rotatable bonds is 3. The number of benzene rings is 1. The molecule has 1 saturated carbocycles. The van der Waals surface area contributed by atoms with Crippen molar-refractivity contribution in [1.82, 2.24) is 5.32 Å². The summed E-state index contributed by atoms with van der Waals surface area (Å²) in [4.78, 5) is 12.6. The lowest BCUT2D eigenvalue weighted by Crippen LogP contribution is -2.32. The minimum atomic E-state index is 0.254. The van der Waals surface area contributed by atoms with Gasteiger partial charge >= 0.3 is 0 Å². The number of hydrogen-bond acceptors (Lipinski definition) is 2. The normalized spacial score (nSPS) is 26.2. The van der Waals surface area contributed by atoms with E-state index in [0.29, 0.717) is 11.8 Å². The maximum atomic E-state index is 12.6. The number of fused-ring (bicyclic) bond motifs is 1. The number of nitrogens with one attached hydrogen (secondary N) is 1. The lowest BCUT2D eigenvalue weighted by Gasteiger charge is -2.27. The first-order valence-electron chi connectivity index (χ1n) is 7.61. The highest BCUT2D eigenvalue weighted by molar-refractivity contribution is 5.98. The maximum absolute atomic E-state index is 12.6. The van der Waals surface area contributed by atoms with Crippen molar-refractivity contribution in [3.05, 3.63) is 34.9 Å². The molecule has 0 aromatic heterocycles. The molecule has 1 N–H and O–H groups in total. The third-order valence-corrected chi connectivity index (χ3v) is 4.89. The average molecular weight is 257 g/mol. The van der Waals surface area contributed by atoms with Crippen molar-refractivity contribution in [2.24, 2.45) is 5.92 Å². The van der Waals surface area contributed by atoms with Crippen LogP contribution in [0.4, 0.5) is 0 Å². The van der Waals surface area contributed by atoms with Gasteiger partial charge in [0, 0.05) is 17.5 Å². The number of carbonyl (C=O) groups is 1. The molecule has 1 aromatic carbocycles. The number of hydrogen-bond donors (Lipinski definition) is 1. The monoisotopic (exact) mass is 257 g/mol. The Kier molecular flexibility index (Phi) is 3.69. The van der Waals surface area contributed by atoms with E-state index in [9.17, 15) is 4.79 Å². The third-order valence-electron chi connectivity index (χ3n) is 4.89. The van der Waals surface area contributed by atoms with E-state index in [0.717, 1.165) is 37.7 Å². The molecule has 102 valence electrons. The van der Waals surface area contributed by atoms with Gasteiger partial charge in [0.2, 0.25) is 0 Å². The van der Waals surface area contributed by atoms with Crippen LogP contribution in [0.5, 0.6) is 0 Å². The molecule has 0 heterocycles. The zero-order chi connectivity index (χ0) is 13.2. The highest BCUT2D eigenvalue weighted by atomic mass is 16.1. The number of carbonyl (C=O) groups excluding carboxylic acids is 1. The second kappa shape index (κ2) is 5.46. The molecule has 0 atom stereocenters. The van der Waals surface area contributed by atoms with Crippen LogP contribution in [0.15, 0.2) is 18.2 Å². The molecular formula is C17H23NO. The molecule has 2 aliphatic carbocycles. The summed E-state index contributed by atoms with van der Waals surface area (Å²) in [7, 11) is 2.02. The fourth-order valence-corrected chi connectivity index (χ4v) is 3.61. The van der Waals surface area contributed by atoms with E-state index in [1.54, 1.807) is 0 Å². The molecule has 0 unspecified atom stereocenters. The number of ketones is 1. The third kappa shape index (κ3) is 2.59. The minimum Gasteiger partial charge on any atom is -0.317 e. The fourth-order valence-electron chi connectivity index (χ4n) is 3.61. The zero-order valence-electron chi connectivity index (χ0n) is 11.7. The lowest BCUT2D eigenvalue weighted by atomic mass is 9.81. The topological polar surface area (TPSA) is 29.1 Å². The van der Waals surface area contributed by atoms with Crippen LogP contribution in [0, 0.1) is 5.92 Å². The first kappa shape index (κ1) is 12.9. The van der Waals surface area contributed by atoms with Gasteiger partial charge in [0.25, 0.3) is 0 Å². The van der Waals surface area contributed by atoms with Gasteiger partial charge in [0.1, 0.15) is 0 Å². The summed E-state index contributed by atoms with van der Waals surface area (Å²) in [6.45, 7) is 0. The van der Waals surface area contributed by atoms with Gasteiger partial charge in [0.05, 0.1) is 0 Å². The molecule has 0 aliphatic heterocycles. The van der Waals surface area contributed by atoms with Gasteiger partial charge < -0.3 is 5.32 Å². The number of Topliss-reactive ketones (excluding diaryl/α,β-unsaturated/α-hetero) is 1. The Morgan fingerprint density at radius 3 is 2.58 bits per heavy atom. The lowest BCUT2D eigenvalue weighted by molar-refractivity contribution is 0.0880. The summed E-state index contributed by atoms with van der Waals surface area (Å²) in [6, 6.07) is 7.00. The molecule has 19 heavy (non-hydrogen) atoms. The van der Waals surface area contributed by atoms with E-state index in [1.807, 2.05) is 7.05 Å². The van der Waals surface area contributed by atoms with Crippen molar-refractivity contribution < 1.29 is 4.79 Å². The second-order valence-electron chi connectivity index (χ2n) is 6.04. The second-order valence-corrected chi connectivity index (χ2v) is 6.04. The van der Waals surface area contributed by atoms with Crippen LogP contribution >= 0.6 is 0 Å². The molecule has 0 amide bonds. The van der Waals surface area contributed by atoms with Crippen LogP contribution in [0.2, 0.25) is 0 Å². The average Bonchev–Trinajstić information content (AvgIpc) is 2.94. The van der Waals surface area contributed by atoms with Gasteiger partial charge in [0.15, 0.2) is 5.78 Å². The molecule has 0 saturated heterocycles. The largest absolute Gasteiger partial charge is 0.317 e. The molecule has 2 heteroatoms. The van der Waals surface area contributed by atoms with Crippen LogP contribution in [-0.2, 0) is 12.8 Å². The van der Waals surface area contributed by atoms with Crippen LogP contribution in [0.1, 0.15) is 53.6 Å². The van der Waals surface area contributed by atoms with E-state index in [-0.39, 0.29) is 5.92 Å². The summed E-state index contributed by atoms with van der Waals surface area (Å²) in [6.07, 6.45) is 7.96. The van der Waals surface area contributed by atoms with Gasteiger partial charge in [-0.05, 0) is 69.2 Å². The molecule has 2 nitrogen and oxygen atoms in total. The molecule has 1 fully saturated rings. The molecule has 2 aliphatic rings. The molecular weight excluding hydrogens is 234 g/mol. The van der Waals surface area contributed by atoms with E-state index < -0.39 is 0 Å². The molecule has 0 spiro atoms. The zero-order valence-corrected chi connectivity index (χ0v) is 11.7. The maximum Gasteiger partial charge on any atom is 0.165 e. The summed E-state index contributed by atoms with van der Waals surface area (Å²) in [5.41, 5.74) is 3.82. The SMILES string of the molecule is CNC1CCC(C(=O)c2ccc3c(c2)CCC3)CC1. The smallest absolute Gasteiger partial charge is 0.165 e. The van der Waals surface area contributed by atoms with Crippen molar-refractivity contribution in [2.75, 3.05) is 7.05 Å². The van der Waals surface area contributed by atoms with Crippen LogP contribution in [0.25, 0.3) is 0 Å². The first-order valence-corrected chi connectivity index (χ1v) is 7.61. The van der Waals surface area contributed by atoms with E-state index >= 15 is 0 Å². The number of aryl methyl sites for hydroxylation is 2. The van der Waals surface area contributed by atoms with Gasteiger partial charge in [-0.15, -0.1) is 0 Å². The quantitative estimate of drug-likeness (QED) is 0.843. The van der Waals surface area contributed by atoms with Crippen molar-refractivity contribution >= 4 is 5.78 Å². The Hall–Kier alpha value is -1.15. The van der Waals surface area contributed by atoms with E-state index in [1.165, 1.54) is 24.0 Å². The summed E-state index contributed by atoms with van der Waals surface area (Å²) in [5.74, 6) is 0.633. The summed E-state index contributed by atoms with van der Waals surface area (Å²) < 4.78 is 0. The van der Waals surface area contributed by atoms with Crippen LogP contribution in [-0.4, -0.2) is 18.9 Å². The highest BCUT2D eigenvalue weighted by Crippen LogP contribution is 2.29.